The van der Waals surface area contributed by atoms with E-state index < -0.39 is 0 Å². The first kappa shape index (κ1) is 14.1. The number of aromatic nitrogens is 1. The van der Waals surface area contributed by atoms with E-state index in [-0.39, 0.29) is 6.04 Å². The molecule has 1 aromatic carbocycles. The van der Waals surface area contributed by atoms with E-state index in [1.165, 1.54) is 4.88 Å². The van der Waals surface area contributed by atoms with Gasteiger partial charge >= 0.3 is 0 Å². The van der Waals surface area contributed by atoms with Gasteiger partial charge in [0.1, 0.15) is 17.4 Å². The molecule has 0 amide bonds. The lowest BCUT2D eigenvalue weighted by Gasteiger charge is -2.15. The molecule has 0 radical (unpaired) electrons. The van der Waals surface area contributed by atoms with Crippen molar-refractivity contribution in [2.24, 2.45) is 5.73 Å². The third-order valence-electron chi connectivity index (χ3n) is 3.28. The van der Waals surface area contributed by atoms with Crippen molar-refractivity contribution in [3.05, 3.63) is 43.8 Å². The number of halogens is 2. The van der Waals surface area contributed by atoms with Crippen molar-refractivity contribution >= 4 is 34.5 Å². The maximum atomic E-state index is 6.10. The van der Waals surface area contributed by atoms with Crippen molar-refractivity contribution in [1.82, 2.24) is 4.98 Å². The highest BCUT2D eigenvalue weighted by atomic mass is 35.5. The number of nitrogens with zero attached hydrogens (tertiary/aromatic N) is 1. The Morgan fingerprint density at radius 2 is 2.25 bits per heavy atom. The lowest BCUT2D eigenvalue weighted by molar-refractivity contribution is 0.305. The molecule has 0 fully saturated rings. The highest BCUT2D eigenvalue weighted by Crippen LogP contribution is 2.34. The van der Waals surface area contributed by atoms with E-state index in [2.05, 4.69) is 4.98 Å². The molecule has 0 saturated heterocycles. The first-order valence-electron chi connectivity index (χ1n) is 6.45. The Bertz CT molecular complexity index is 630. The Morgan fingerprint density at radius 1 is 1.40 bits per heavy atom. The smallest absolute Gasteiger partial charge is 0.140 e. The van der Waals surface area contributed by atoms with Crippen LogP contribution >= 0.6 is 34.5 Å². The molecular formula is C14H14Cl2N2OS. The van der Waals surface area contributed by atoms with Gasteiger partial charge in [0.15, 0.2) is 0 Å². The summed E-state index contributed by atoms with van der Waals surface area (Å²) in [5.74, 6) is 0.619. The third-order valence-corrected chi connectivity index (χ3v) is 5.02. The molecule has 20 heavy (non-hydrogen) atoms. The van der Waals surface area contributed by atoms with Crippen LogP contribution in [0.15, 0.2) is 18.2 Å². The second kappa shape index (κ2) is 5.90. The lowest BCUT2D eigenvalue weighted by Crippen LogP contribution is -2.15. The maximum Gasteiger partial charge on any atom is 0.140 e. The zero-order chi connectivity index (χ0) is 14.1. The van der Waals surface area contributed by atoms with Crippen LogP contribution in [0.25, 0.3) is 0 Å². The van der Waals surface area contributed by atoms with Crippen LogP contribution in [0.3, 0.4) is 0 Å². The summed E-state index contributed by atoms with van der Waals surface area (Å²) in [5.41, 5.74) is 7.24. The zero-order valence-electron chi connectivity index (χ0n) is 10.7. The SMILES string of the molecule is NC1CCCc2nc(COc3ccc(Cl)cc3Cl)sc21. The lowest BCUT2D eigenvalue weighted by atomic mass is 9.99. The maximum absolute atomic E-state index is 6.10. The van der Waals surface area contributed by atoms with Gasteiger partial charge in [-0.3, -0.25) is 0 Å². The summed E-state index contributed by atoms with van der Waals surface area (Å²) in [6, 6.07) is 5.32. The Morgan fingerprint density at radius 3 is 3.00 bits per heavy atom. The number of fused-ring (bicyclic) bond motifs is 1. The minimum atomic E-state index is 0.129. The first-order chi connectivity index (χ1) is 9.63. The summed E-state index contributed by atoms with van der Waals surface area (Å²) in [6.07, 6.45) is 3.17. The van der Waals surface area contributed by atoms with E-state index in [9.17, 15) is 0 Å². The van der Waals surface area contributed by atoms with Gasteiger partial charge in [0, 0.05) is 15.9 Å². The number of benzene rings is 1. The van der Waals surface area contributed by atoms with Crippen molar-refractivity contribution < 1.29 is 4.74 Å². The van der Waals surface area contributed by atoms with Crippen LogP contribution in [0.2, 0.25) is 10.0 Å². The van der Waals surface area contributed by atoms with Crippen LogP contribution < -0.4 is 10.5 Å². The molecule has 1 heterocycles. The molecule has 1 aromatic heterocycles. The molecule has 0 saturated carbocycles. The van der Waals surface area contributed by atoms with Gasteiger partial charge in [0.05, 0.1) is 10.7 Å². The number of thiazole rings is 1. The predicted molar refractivity (Wildman–Crippen MR) is 82.8 cm³/mol. The molecule has 6 heteroatoms. The average Bonchev–Trinajstić information content (AvgIpc) is 2.82. The summed E-state index contributed by atoms with van der Waals surface area (Å²) in [7, 11) is 0. The molecule has 106 valence electrons. The van der Waals surface area contributed by atoms with Crippen LogP contribution in [-0.2, 0) is 13.0 Å². The summed E-state index contributed by atoms with van der Waals surface area (Å²) >= 11 is 13.6. The summed E-state index contributed by atoms with van der Waals surface area (Å²) < 4.78 is 5.71. The van der Waals surface area contributed by atoms with Gasteiger partial charge in [-0.25, -0.2) is 4.98 Å². The number of hydrogen-bond donors (Lipinski definition) is 1. The van der Waals surface area contributed by atoms with E-state index in [1.54, 1.807) is 29.5 Å². The summed E-state index contributed by atoms with van der Waals surface area (Å²) in [6.45, 7) is 0.408. The third kappa shape index (κ3) is 2.93. The van der Waals surface area contributed by atoms with Crippen molar-refractivity contribution in [3.63, 3.8) is 0 Å². The molecule has 1 aliphatic carbocycles. The Kier molecular flexibility index (Phi) is 4.17. The molecule has 0 bridgehead atoms. The number of rotatable bonds is 3. The van der Waals surface area contributed by atoms with Crippen molar-refractivity contribution in [1.29, 1.82) is 0 Å². The fourth-order valence-corrected chi connectivity index (χ4v) is 3.82. The monoisotopic (exact) mass is 328 g/mol. The molecule has 1 aliphatic rings. The number of nitrogens with two attached hydrogens (primary N) is 1. The van der Waals surface area contributed by atoms with Crippen molar-refractivity contribution in [2.75, 3.05) is 0 Å². The van der Waals surface area contributed by atoms with Crippen LogP contribution in [0.1, 0.15) is 34.5 Å². The fraction of sp³-hybridized carbons (Fsp3) is 0.357. The minimum Gasteiger partial charge on any atom is -0.485 e. The summed E-state index contributed by atoms with van der Waals surface area (Å²) in [4.78, 5) is 5.81. The van der Waals surface area contributed by atoms with Gasteiger partial charge in [0.2, 0.25) is 0 Å². The van der Waals surface area contributed by atoms with Crippen LogP contribution in [0.4, 0.5) is 0 Å². The molecule has 0 spiro atoms. The van der Waals surface area contributed by atoms with Crippen LogP contribution in [0.5, 0.6) is 5.75 Å². The Labute approximate surface area is 131 Å². The quantitative estimate of drug-likeness (QED) is 0.910. The highest BCUT2D eigenvalue weighted by molar-refractivity contribution is 7.11. The average molecular weight is 329 g/mol. The van der Waals surface area contributed by atoms with Crippen molar-refractivity contribution in [2.45, 2.75) is 31.9 Å². The minimum absolute atomic E-state index is 0.129. The van der Waals surface area contributed by atoms with Crippen LogP contribution in [0, 0.1) is 0 Å². The van der Waals surface area contributed by atoms with Gasteiger partial charge in [-0.05, 0) is 37.5 Å². The second-order valence-electron chi connectivity index (χ2n) is 4.78. The molecular weight excluding hydrogens is 315 g/mol. The van der Waals surface area contributed by atoms with Crippen LogP contribution in [-0.4, -0.2) is 4.98 Å². The Hall–Kier alpha value is -0.810. The molecule has 1 unspecified atom stereocenters. The predicted octanol–water partition coefficient (Wildman–Crippen LogP) is 4.37. The number of aryl methyl sites for hydroxylation is 1. The van der Waals surface area contributed by atoms with E-state index >= 15 is 0 Å². The van der Waals surface area contributed by atoms with Gasteiger partial charge in [0.25, 0.3) is 0 Å². The topological polar surface area (TPSA) is 48.1 Å². The van der Waals surface area contributed by atoms with Gasteiger partial charge in [-0.2, -0.15) is 0 Å². The second-order valence-corrected chi connectivity index (χ2v) is 6.74. The fourth-order valence-electron chi connectivity index (χ4n) is 2.30. The van der Waals surface area contributed by atoms with E-state index in [1.807, 2.05) is 0 Å². The standard InChI is InChI=1S/C14H14Cl2N2OS/c15-8-4-5-12(9(16)6-8)19-7-13-18-11-3-1-2-10(17)14(11)20-13/h4-6,10H,1-3,7,17H2. The van der Waals surface area contributed by atoms with Crippen molar-refractivity contribution in [3.8, 4) is 5.75 Å². The van der Waals surface area contributed by atoms with E-state index in [4.69, 9.17) is 33.7 Å². The summed E-state index contributed by atoms with van der Waals surface area (Å²) in [5, 5.41) is 2.05. The van der Waals surface area contributed by atoms with E-state index in [0.29, 0.717) is 22.4 Å². The normalized spacial score (nSPS) is 17.9. The number of hydrogen-bond acceptors (Lipinski definition) is 4. The molecule has 3 nitrogen and oxygen atoms in total. The largest absolute Gasteiger partial charge is 0.485 e. The molecule has 0 aliphatic heterocycles. The molecule has 1 atom stereocenters. The molecule has 3 rings (SSSR count). The van der Waals surface area contributed by atoms with Gasteiger partial charge in [-0.1, -0.05) is 23.2 Å². The Balaban J connectivity index is 1.72. The van der Waals surface area contributed by atoms with Gasteiger partial charge in [-0.15, -0.1) is 11.3 Å². The molecule has 2 aromatic rings. The number of ether oxygens (including phenoxy) is 1. The zero-order valence-corrected chi connectivity index (χ0v) is 13.1. The first-order valence-corrected chi connectivity index (χ1v) is 8.02. The van der Waals surface area contributed by atoms with E-state index in [0.717, 1.165) is 30.0 Å². The highest BCUT2D eigenvalue weighted by Gasteiger charge is 2.21. The molecule has 2 N–H and O–H groups in total. The van der Waals surface area contributed by atoms with Gasteiger partial charge < -0.3 is 10.5 Å².